The normalized spacial score (nSPS) is 10.9. The summed E-state index contributed by atoms with van der Waals surface area (Å²) >= 11 is 0. The van der Waals surface area contributed by atoms with Crippen LogP contribution in [0.3, 0.4) is 0 Å². The smallest absolute Gasteiger partial charge is 0.285 e. The van der Waals surface area contributed by atoms with Crippen molar-refractivity contribution in [3.05, 3.63) is 118 Å². The third-order valence-corrected chi connectivity index (χ3v) is 5.77. The van der Waals surface area contributed by atoms with Crippen LogP contribution in [0, 0.1) is 13.8 Å². The van der Waals surface area contributed by atoms with Crippen LogP contribution >= 0.6 is 0 Å². The van der Waals surface area contributed by atoms with Gasteiger partial charge in [-0.15, -0.1) is 0 Å². The molecule has 0 saturated carbocycles. The second-order valence-electron chi connectivity index (χ2n) is 8.27. The Hall–Kier alpha value is -4.65. The lowest BCUT2D eigenvalue weighted by atomic mass is 10.1. The molecule has 174 valence electrons. The molecule has 2 N–H and O–H groups in total. The maximum Gasteiger partial charge on any atom is 0.285 e. The Kier molecular flexibility index (Phi) is 5.89. The van der Waals surface area contributed by atoms with Crippen LogP contribution in [0.4, 0.5) is 5.69 Å². The number of ether oxygens (including phenoxy) is 1. The molecule has 0 atom stereocenters. The Bertz CT molecular complexity index is 1570. The van der Waals surface area contributed by atoms with E-state index in [0.717, 1.165) is 22.4 Å². The molecule has 3 aromatic carbocycles. The maximum atomic E-state index is 13.3. The van der Waals surface area contributed by atoms with Gasteiger partial charge in [-0.05, 0) is 37.1 Å². The van der Waals surface area contributed by atoms with E-state index in [9.17, 15) is 9.59 Å². The molecule has 0 aliphatic carbocycles. The second-order valence-corrected chi connectivity index (χ2v) is 8.27. The van der Waals surface area contributed by atoms with Crippen molar-refractivity contribution in [1.29, 1.82) is 0 Å². The predicted octanol–water partition coefficient (Wildman–Crippen LogP) is 5.14. The van der Waals surface area contributed by atoms with Crippen molar-refractivity contribution in [2.75, 3.05) is 5.32 Å². The van der Waals surface area contributed by atoms with Gasteiger partial charge in [-0.1, -0.05) is 66.7 Å². The number of H-pyrrole nitrogens is 1. The number of anilines is 1. The largest absolute Gasteiger partial charge is 0.489 e. The summed E-state index contributed by atoms with van der Waals surface area (Å²) in [6.45, 7) is 3.97. The van der Waals surface area contributed by atoms with Gasteiger partial charge < -0.3 is 10.1 Å². The van der Waals surface area contributed by atoms with Crippen LogP contribution < -0.4 is 15.6 Å². The fraction of sp³-hybridized carbons (Fsp3) is 0.107. The summed E-state index contributed by atoms with van der Waals surface area (Å²) in [5, 5.41) is 5.87. The number of rotatable bonds is 6. The Morgan fingerprint density at radius 2 is 1.69 bits per heavy atom. The number of hydrogen-bond donors (Lipinski definition) is 2. The van der Waals surface area contributed by atoms with E-state index in [4.69, 9.17) is 4.74 Å². The number of carbonyl (C=O) groups excluding carboxylic acids is 1. The summed E-state index contributed by atoms with van der Waals surface area (Å²) in [5.41, 5.74) is 4.52. The van der Waals surface area contributed by atoms with E-state index in [1.165, 1.54) is 4.52 Å². The van der Waals surface area contributed by atoms with E-state index < -0.39 is 11.5 Å². The Morgan fingerprint density at radius 3 is 2.43 bits per heavy atom. The number of carbonyl (C=O) groups is 1. The van der Waals surface area contributed by atoms with Gasteiger partial charge in [-0.3, -0.25) is 14.7 Å². The Morgan fingerprint density at radius 1 is 0.971 bits per heavy atom. The standard InChI is InChI=1S/C28H24N4O3/c1-18-25(28(34)32-26(29-18)24(19(2)31-32)21-12-7-4-8-13-21)27(33)30-22-14-9-15-23(16-22)35-17-20-10-5-3-6-11-20/h3-16,31H,17H2,1-2H3,(H,30,33). The van der Waals surface area contributed by atoms with Crippen LogP contribution in [-0.4, -0.2) is 20.5 Å². The Balaban J connectivity index is 1.42. The molecule has 35 heavy (non-hydrogen) atoms. The van der Waals surface area contributed by atoms with Gasteiger partial charge in [0.1, 0.15) is 17.9 Å². The molecule has 7 heteroatoms. The minimum absolute atomic E-state index is 0.0148. The predicted molar refractivity (Wildman–Crippen MR) is 136 cm³/mol. The first-order valence-electron chi connectivity index (χ1n) is 11.3. The number of nitrogens with one attached hydrogen (secondary N) is 2. The zero-order valence-electron chi connectivity index (χ0n) is 19.4. The van der Waals surface area contributed by atoms with Gasteiger partial charge in [0.2, 0.25) is 0 Å². The zero-order chi connectivity index (χ0) is 24.4. The van der Waals surface area contributed by atoms with Crippen molar-refractivity contribution in [3.8, 4) is 16.9 Å². The summed E-state index contributed by atoms with van der Waals surface area (Å²) in [4.78, 5) is 31.1. The van der Waals surface area contributed by atoms with E-state index in [-0.39, 0.29) is 5.56 Å². The van der Waals surface area contributed by atoms with E-state index in [1.54, 1.807) is 25.1 Å². The molecule has 0 bridgehead atoms. The van der Waals surface area contributed by atoms with Crippen LogP contribution in [0.25, 0.3) is 16.8 Å². The summed E-state index contributed by atoms with van der Waals surface area (Å²) in [6.07, 6.45) is 0. The lowest BCUT2D eigenvalue weighted by Crippen LogP contribution is -2.29. The number of nitrogens with zero attached hydrogens (tertiary/aromatic N) is 2. The van der Waals surface area contributed by atoms with Gasteiger partial charge in [-0.2, -0.15) is 0 Å². The zero-order valence-corrected chi connectivity index (χ0v) is 19.4. The summed E-state index contributed by atoms with van der Waals surface area (Å²) in [7, 11) is 0. The van der Waals surface area contributed by atoms with Crippen molar-refractivity contribution >= 4 is 17.2 Å². The summed E-state index contributed by atoms with van der Waals surface area (Å²) in [5.74, 6) is 0.0873. The van der Waals surface area contributed by atoms with Crippen molar-refractivity contribution < 1.29 is 9.53 Å². The number of fused-ring (bicyclic) bond motifs is 1. The minimum atomic E-state index is -0.525. The molecule has 5 aromatic rings. The lowest BCUT2D eigenvalue weighted by molar-refractivity contribution is 0.102. The number of aromatic amines is 1. The van der Waals surface area contributed by atoms with Crippen LogP contribution in [0.2, 0.25) is 0 Å². The molecular weight excluding hydrogens is 440 g/mol. The average molecular weight is 465 g/mol. The third kappa shape index (κ3) is 4.44. The first-order chi connectivity index (χ1) is 17.0. The van der Waals surface area contributed by atoms with E-state index in [2.05, 4.69) is 15.4 Å². The van der Waals surface area contributed by atoms with Gasteiger partial charge in [0.15, 0.2) is 5.65 Å². The first kappa shape index (κ1) is 22.2. The second kappa shape index (κ2) is 9.30. The Labute approximate surface area is 202 Å². The number of hydrogen-bond acceptors (Lipinski definition) is 4. The van der Waals surface area contributed by atoms with Gasteiger partial charge in [-0.25, -0.2) is 9.50 Å². The quantitative estimate of drug-likeness (QED) is 0.364. The van der Waals surface area contributed by atoms with E-state index in [0.29, 0.717) is 29.4 Å². The summed E-state index contributed by atoms with van der Waals surface area (Å²) < 4.78 is 7.18. The van der Waals surface area contributed by atoms with Crippen LogP contribution in [0.5, 0.6) is 5.75 Å². The average Bonchev–Trinajstić information content (AvgIpc) is 3.20. The van der Waals surface area contributed by atoms with Crippen molar-refractivity contribution in [3.63, 3.8) is 0 Å². The highest BCUT2D eigenvalue weighted by Gasteiger charge is 2.22. The van der Waals surface area contributed by atoms with Gasteiger partial charge in [0.05, 0.1) is 5.69 Å². The van der Waals surface area contributed by atoms with Crippen molar-refractivity contribution in [1.82, 2.24) is 14.6 Å². The number of aromatic nitrogens is 3. The van der Waals surface area contributed by atoms with Crippen molar-refractivity contribution in [2.45, 2.75) is 20.5 Å². The molecule has 2 heterocycles. The number of benzene rings is 3. The molecule has 1 amide bonds. The molecule has 0 saturated heterocycles. The topological polar surface area (TPSA) is 88.5 Å². The van der Waals surface area contributed by atoms with Crippen LogP contribution in [-0.2, 0) is 6.61 Å². The first-order valence-corrected chi connectivity index (χ1v) is 11.3. The fourth-order valence-electron chi connectivity index (χ4n) is 4.10. The lowest BCUT2D eigenvalue weighted by Gasteiger charge is -2.10. The number of aryl methyl sites for hydroxylation is 2. The third-order valence-electron chi connectivity index (χ3n) is 5.77. The SMILES string of the molecule is Cc1nc2c(-c3ccccc3)c(C)[nH]n2c(=O)c1C(=O)Nc1cccc(OCc2ccccc2)c1. The molecule has 0 aliphatic rings. The van der Waals surface area contributed by atoms with E-state index in [1.807, 2.05) is 73.7 Å². The fourth-order valence-corrected chi connectivity index (χ4v) is 4.10. The van der Waals surface area contributed by atoms with Gasteiger partial charge >= 0.3 is 0 Å². The highest BCUT2D eigenvalue weighted by Crippen LogP contribution is 2.27. The van der Waals surface area contributed by atoms with Gasteiger partial charge in [0, 0.05) is 23.0 Å². The summed E-state index contributed by atoms with van der Waals surface area (Å²) in [6, 6.07) is 26.6. The van der Waals surface area contributed by atoms with Crippen LogP contribution in [0.1, 0.15) is 27.3 Å². The monoisotopic (exact) mass is 464 g/mol. The molecule has 0 fully saturated rings. The molecule has 7 nitrogen and oxygen atoms in total. The molecule has 0 radical (unpaired) electrons. The molecule has 2 aromatic heterocycles. The molecule has 0 aliphatic heterocycles. The van der Waals surface area contributed by atoms with Crippen molar-refractivity contribution in [2.24, 2.45) is 0 Å². The molecule has 0 unspecified atom stereocenters. The van der Waals surface area contributed by atoms with E-state index >= 15 is 0 Å². The highest BCUT2D eigenvalue weighted by molar-refractivity contribution is 6.05. The molecule has 5 rings (SSSR count). The minimum Gasteiger partial charge on any atom is -0.489 e. The highest BCUT2D eigenvalue weighted by atomic mass is 16.5. The number of amides is 1. The maximum absolute atomic E-state index is 13.3. The molecular formula is C28H24N4O3. The van der Waals surface area contributed by atoms with Crippen LogP contribution in [0.15, 0.2) is 89.7 Å². The molecule has 0 spiro atoms. The van der Waals surface area contributed by atoms with Gasteiger partial charge in [0.25, 0.3) is 11.5 Å².